The average Bonchev–Trinajstić information content (AvgIpc) is 2.92. The second-order valence-electron chi connectivity index (χ2n) is 3.70. The first-order valence-electron chi connectivity index (χ1n) is 5.42. The number of halogens is 1. The number of alkyl halides is 1. The Morgan fingerprint density at radius 2 is 2.00 bits per heavy atom. The molecule has 1 aromatic carbocycles. The van der Waals surface area contributed by atoms with E-state index in [1.165, 1.54) is 27.8 Å². The third-order valence-corrected chi connectivity index (χ3v) is 3.73. The maximum Gasteiger partial charge on any atom is 0.284 e. The number of sulfonamides is 1. The number of rotatable bonds is 3. The van der Waals surface area contributed by atoms with Crippen molar-refractivity contribution >= 4 is 43.2 Å². The van der Waals surface area contributed by atoms with Crippen LogP contribution >= 0.6 is 27.3 Å². The monoisotopic (exact) mass is 376 g/mol. The van der Waals surface area contributed by atoms with E-state index in [-0.39, 0.29) is 5.69 Å². The Bertz CT molecular complexity index is 628. The second-order valence-corrected chi connectivity index (χ2v) is 6.72. The van der Waals surface area contributed by atoms with Crippen LogP contribution in [0, 0.1) is 0 Å². The summed E-state index contributed by atoms with van der Waals surface area (Å²) in [5.74, 6) is -0.696. The van der Waals surface area contributed by atoms with E-state index in [0.717, 1.165) is 11.6 Å². The molecule has 1 N–H and O–H groups in total. The van der Waals surface area contributed by atoms with E-state index < -0.39 is 15.9 Å². The molecule has 1 heterocycles. The number of carbonyl (C=O) groups excluding carboxylic acids is 1. The van der Waals surface area contributed by atoms with Gasteiger partial charge in [-0.2, -0.15) is 0 Å². The Kier molecular flexibility index (Phi) is 6.83. The first-order valence-corrected chi connectivity index (χ1v) is 9.38. The molecule has 2 aromatic rings. The molecule has 0 aliphatic rings. The van der Waals surface area contributed by atoms with E-state index in [0.29, 0.717) is 0 Å². The third-order valence-electron chi connectivity index (χ3n) is 1.94. The quantitative estimate of drug-likeness (QED) is 0.834. The van der Waals surface area contributed by atoms with Crippen molar-refractivity contribution in [1.82, 2.24) is 9.71 Å². The summed E-state index contributed by atoms with van der Waals surface area (Å²) in [7, 11) is -3.48. The zero-order valence-electron chi connectivity index (χ0n) is 10.6. The molecule has 20 heavy (non-hydrogen) atoms. The number of amides is 1. The first kappa shape index (κ1) is 16.8. The fourth-order valence-electron chi connectivity index (χ4n) is 1.11. The Labute approximate surface area is 130 Å². The fourth-order valence-corrected chi connectivity index (χ4v) is 2.46. The highest BCUT2D eigenvalue weighted by Gasteiger charge is 2.11. The Hall–Kier alpha value is -1.25. The zero-order valence-corrected chi connectivity index (χ0v) is 13.8. The van der Waals surface area contributed by atoms with Gasteiger partial charge in [0.2, 0.25) is 10.0 Å². The van der Waals surface area contributed by atoms with Gasteiger partial charge in [0.15, 0.2) is 0 Å². The molecule has 0 aliphatic heterocycles. The van der Waals surface area contributed by atoms with Crippen molar-refractivity contribution < 1.29 is 13.2 Å². The summed E-state index contributed by atoms with van der Waals surface area (Å²) >= 11 is 4.58. The van der Waals surface area contributed by atoms with E-state index >= 15 is 0 Å². The van der Waals surface area contributed by atoms with Crippen LogP contribution in [0.25, 0.3) is 0 Å². The lowest BCUT2D eigenvalue weighted by molar-refractivity contribution is 0.0977. The van der Waals surface area contributed by atoms with Gasteiger partial charge >= 0.3 is 0 Å². The average molecular weight is 377 g/mol. The SMILES string of the molecule is BrCc1ccccc1.CS(=O)(=O)NC(=O)c1cscn1. The van der Waals surface area contributed by atoms with Gasteiger partial charge in [-0.05, 0) is 5.56 Å². The highest BCUT2D eigenvalue weighted by molar-refractivity contribution is 9.08. The van der Waals surface area contributed by atoms with Crippen molar-refractivity contribution in [3.05, 3.63) is 52.5 Å². The summed E-state index contributed by atoms with van der Waals surface area (Å²) in [5, 5.41) is 2.42. The summed E-state index contributed by atoms with van der Waals surface area (Å²) in [6, 6.07) is 10.3. The summed E-state index contributed by atoms with van der Waals surface area (Å²) in [6.45, 7) is 0. The van der Waals surface area contributed by atoms with Crippen LogP contribution in [0.4, 0.5) is 0 Å². The molecular formula is C12H13BrN2O3S2. The van der Waals surface area contributed by atoms with Gasteiger partial charge in [0.1, 0.15) is 5.69 Å². The largest absolute Gasteiger partial charge is 0.284 e. The van der Waals surface area contributed by atoms with Gasteiger partial charge in [-0.15, -0.1) is 11.3 Å². The molecule has 0 spiro atoms. The summed E-state index contributed by atoms with van der Waals surface area (Å²) < 4.78 is 23.0. The van der Waals surface area contributed by atoms with Gasteiger partial charge in [0.05, 0.1) is 11.8 Å². The number of nitrogens with zero attached hydrogens (tertiary/aromatic N) is 1. The van der Waals surface area contributed by atoms with Gasteiger partial charge < -0.3 is 0 Å². The molecule has 0 saturated heterocycles. The van der Waals surface area contributed by atoms with Crippen molar-refractivity contribution in [2.45, 2.75) is 5.33 Å². The Morgan fingerprint density at radius 1 is 1.35 bits per heavy atom. The van der Waals surface area contributed by atoms with Crippen LogP contribution in [-0.4, -0.2) is 25.6 Å². The van der Waals surface area contributed by atoms with Crippen LogP contribution < -0.4 is 4.72 Å². The van der Waals surface area contributed by atoms with Gasteiger partial charge in [-0.25, -0.2) is 18.1 Å². The van der Waals surface area contributed by atoms with Crippen molar-refractivity contribution in [3.63, 3.8) is 0 Å². The highest BCUT2D eigenvalue weighted by Crippen LogP contribution is 2.02. The molecule has 0 bridgehead atoms. The maximum atomic E-state index is 11.0. The van der Waals surface area contributed by atoms with Crippen molar-refractivity contribution in [1.29, 1.82) is 0 Å². The van der Waals surface area contributed by atoms with Gasteiger partial charge in [0.25, 0.3) is 5.91 Å². The topological polar surface area (TPSA) is 76.1 Å². The summed E-state index contributed by atoms with van der Waals surface area (Å²) in [6.07, 6.45) is 0.914. The number of thiazole rings is 1. The number of hydrogen-bond acceptors (Lipinski definition) is 5. The number of nitrogens with one attached hydrogen (secondary N) is 1. The van der Waals surface area contributed by atoms with Gasteiger partial charge in [-0.1, -0.05) is 46.3 Å². The molecule has 1 aromatic heterocycles. The number of carbonyl (C=O) groups is 1. The number of hydrogen-bond donors (Lipinski definition) is 1. The minimum atomic E-state index is -3.48. The molecule has 0 radical (unpaired) electrons. The molecule has 5 nitrogen and oxygen atoms in total. The lowest BCUT2D eigenvalue weighted by atomic mass is 10.2. The van der Waals surface area contributed by atoms with Gasteiger partial charge in [-0.3, -0.25) is 4.79 Å². The summed E-state index contributed by atoms with van der Waals surface area (Å²) in [4.78, 5) is 14.6. The normalized spacial score (nSPS) is 10.3. The third kappa shape index (κ3) is 6.78. The van der Waals surface area contributed by atoms with Gasteiger partial charge in [0, 0.05) is 10.7 Å². The number of aromatic nitrogens is 1. The fraction of sp³-hybridized carbons (Fsp3) is 0.167. The lowest BCUT2D eigenvalue weighted by Gasteiger charge is -1.97. The van der Waals surface area contributed by atoms with E-state index in [1.807, 2.05) is 18.2 Å². The standard InChI is InChI=1S/C7H7Br.C5H6N2O3S2/c8-6-7-4-2-1-3-5-7;1-12(9,10)7-5(8)4-2-11-3-6-4/h1-5H,6H2;2-3H,1H3,(H,7,8). The smallest absolute Gasteiger partial charge is 0.266 e. The van der Waals surface area contributed by atoms with Crippen LogP contribution in [0.5, 0.6) is 0 Å². The van der Waals surface area contributed by atoms with Crippen LogP contribution in [0.3, 0.4) is 0 Å². The number of benzene rings is 1. The van der Waals surface area contributed by atoms with Crippen molar-refractivity contribution in [2.24, 2.45) is 0 Å². The van der Waals surface area contributed by atoms with E-state index in [4.69, 9.17) is 0 Å². The molecule has 108 valence electrons. The van der Waals surface area contributed by atoms with Crippen LogP contribution in [0.15, 0.2) is 41.2 Å². The highest BCUT2D eigenvalue weighted by atomic mass is 79.9. The van der Waals surface area contributed by atoms with Crippen molar-refractivity contribution in [2.75, 3.05) is 6.26 Å². The molecule has 0 saturated carbocycles. The zero-order chi connectivity index (χ0) is 15.0. The molecule has 8 heteroatoms. The molecular weight excluding hydrogens is 364 g/mol. The Morgan fingerprint density at radius 3 is 2.40 bits per heavy atom. The second kappa shape index (κ2) is 8.13. The molecule has 2 rings (SSSR count). The summed E-state index contributed by atoms with van der Waals surface area (Å²) in [5.41, 5.74) is 2.90. The van der Waals surface area contributed by atoms with Crippen LogP contribution in [-0.2, 0) is 15.4 Å². The Balaban J connectivity index is 0.000000217. The van der Waals surface area contributed by atoms with E-state index in [1.54, 1.807) is 4.72 Å². The maximum absolute atomic E-state index is 11.0. The lowest BCUT2D eigenvalue weighted by Crippen LogP contribution is -2.29. The predicted octanol–water partition coefficient (Wildman–Crippen LogP) is 2.41. The first-order chi connectivity index (χ1) is 9.42. The predicted molar refractivity (Wildman–Crippen MR) is 83.5 cm³/mol. The molecule has 1 amide bonds. The molecule has 0 unspecified atom stereocenters. The van der Waals surface area contributed by atoms with E-state index in [9.17, 15) is 13.2 Å². The van der Waals surface area contributed by atoms with Crippen LogP contribution in [0.2, 0.25) is 0 Å². The van der Waals surface area contributed by atoms with Crippen LogP contribution in [0.1, 0.15) is 16.1 Å². The minimum Gasteiger partial charge on any atom is -0.266 e. The van der Waals surface area contributed by atoms with E-state index in [2.05, 4.69) is 33.0 Å². The molecule has 0 fully saturated rings. The minimum absolute atomic E-state index is 0.116. The molecule has 0 atom stereocenters. The van der Waals surface area contributed by atoms with Crippen molar-refractivity contribution in [3.8, 4) is 0 Å². The molecule has 0 aliphatic carbocycles.